The number of carbonyl (C=O) groups is 1. The summed E-state index contributed by atoms with van der Waals surface area (Å²) in [7, 11) is 1.70. The lowest BCUT2D eigenvalue weighted by atomic mass is 9.89. The highest BCUT2D eigenvalue weighted by molar-refractivity contribution is 5.97. The number of methoxy groups -OCH3 is 1. The average molecular weight is 397 g/mol. The minimum absolute atomic E-state index is 0.0287. The van der Waals surface area contributed by atoms with Crippen LogP contribution in [-0.2, 0) is 6.54 Å². The monoisotopic (exact) mass is 396 g/mol. The van der Waals surface area contributed by atoms with Crippen molar-refractivity contribution in [1.29, 1.82) is 0 Å². The number of benzene rings is 1. The fourth-order valence-corrected chi connectivity index (χ4v) is 4.37. The minimum Gasteiger partial charge on any atom is -0.497 e. The zero-order valence-electron chi connectivity index (χ0n) is 18.7. The third kappa shape index (κ3) is 4.85. The molecule has 1 aliphatic rings. The van der Waals surface area contributed by atoms with E-state index >= 15 is 0 Å². The number of nitrogens with one attached hydrogen (secondary N) is 1. The van der Waals surface area contributed by atoms with Gasteiger partial charge in [-0.1, -0.05) is 32.3 Å². The normalized spacial score (nSPS) is 15.9. The highest BCUT2D eigenvalue weighted by Gasteiger charge is 2.23. The Kier molecular flexibility index (Phi) is 7.05. The van der Waals surface area contributed by atoms with E-state index in [1.165, 1.54) is 37.7 Å². The van der Waals surface area contributed by atoms with Crippen LogP contribution in [0.1, 0.15) is 74.0 Å². The molecular weight excluding hydrogens is 360 g/mol. The van der Waals surface area contributed by atoms with Crippen LogP contribution in [0, 0.1) is 19.8 Å². The Morgan fingerprint density at radius 1 is 1.21 bits per heavy atom. The van der Waals surface area contributed by atoms with E-state index in [0.29, 0.717) is 5.92 Å². The molecule has 1 heterocycles. The van der Waals surface area contributed by atoms with Crippen LogP contribution >= 0.6 is 0 Å². The smallest absolute Gasteiger partial charge is 0.253 e. The molecule has 1 unspecified atom stereocenters. The fourth-order valence-electron chi connectivity index (χ4n) is 4.37. The molecule has 0 saturated heterocycles. The second-order valence-electron chi connectivity index (χ2n) is 8.61. The number of aryl methyl sites for hydroxylation is 1. The average Bonchev–Trinajstić information content (AvgIpc) is 3.05. The second kappa shape index (κ2) is 9.51. The fraction of sp³-hybridized carbons (Fsp3) is 0.560. The molecule has 1 aliphatic carbocycles. The molecule has 1 aromatic carbocycles. The van der Waals surface area contributed by atoms with Gasteiger partial charge in [0.05, 0.1) is 12.7 Å². The summed E-state index contributed by atoms with van der Waals surface area (Å²) in [5.41, 5.74) is 5.32. The molecule has 4 heteroatoms. The molecule has 1 N–H and O–H groups in total. The molecular formula is C25H36N2O2. The molecule has 1 amide bonds. The number of carbonyl (C=O) groups excluding carboxylic acids is 1. The highest BCUT2D eigenvalue weighted by Crippen LogP contribution is 2.34. The van der Waals surface area contributed by atoms with Gasteiger partial charge >= 0.3 is 0 Å². The Labute approximate surface area is 175 Å². The van der Waals surface area contributed by atoms with Crippen LogP contribution in [0.3, 0.4) is 0 Å². The van der Waals surface area contributed by atoms with Crippen molar-refractivity contribution in [3.63, 3.8) is 0 Å². The van der Waals surface area contributed by atoms with Crippen molar-refractivity contribution in [2.75, 3.05) is 7.11 Å². The number of amides is 1. The quantitative estimate of drug-likeness (QED) is 0.634. The van der Waals surface area contributed by atoms with Gasteiger partial charge in [0.2, 0.25) is 0 Å². The lowest BCUT2D eigenvalue weighted by molar-refractivity contribution is 0.0938. The first kappa shape index (κ1) is 21.5. The maximum Gasteiger partial charge on any atom is 0.253 e. The van der Waals surface area contributed by atoms with Crippen molar-refractivity contribution in [3.8, 4) is 17.0 Å². The molecule has 3 rings (SSSR count). The van der Waals surface area contributed by atoms with E-state index in [-0.39, 0.29) is 11.9 Å². The van der Waals surface area contributed by atoms with Crippen molar-refractivity contribution < 1.29 is 9.53 Å². The largest absolute Gasteiger partial charge is 0.497 e. The predicted molar refractivity (Wildman–Crippen MR) is 120 cm³/mol. The van der Waals surface area contributed by atoms with Crippen LogP contribution in [0.2, 0.25) is 0 Å². The summed E-state index contributed by atoms with van der Waals surface area (Å²) in [6.45, 7) is 9.35. The lowest BCUT2D eigenvalue weighted by Crippen LogP contribution is -2.32. The molecule has 1 aromatic heterocycles. The summed E-state index contributed by atoms with van der Waals surface area (Å²) in [4.78, 5) is 13.0. The van der Waals surface area contributed by atoms with Gasteiger partial charge in [0.25, 0.3) is 5.91 Å². The first-order valence-electron chi connectivity index (χ1n) is 11.1. The number of aromatic nitrogens is 1. The molecule has 1 saturated carbocycles. The Balaban J connectivity index is 2.05. The molecule has 0 aliphatic heterocycles. The predicted octanol–water partition coefficient (Wildman–Crippen LogP) is 5.89. The van der Waals surface area contributed by atoms with Gasteiger partial charge in [-0.25, -0.2) is 0 Å². The van der Waals surface area contributed by atoms with Crippen LogP contribution in [0.25, 0.3) is 11.3 Å². The van der Waals surface area contributed by atoms with Crippen LogP contribution in [-0.4, -0.2) is 23.6 Å². The molecule has 0 spiro atoms. The van der Waals surface area contributed by atoms with E-state index in [0.717, 1.165) is 41.2 Å². The molecule has 158 valence electrons. The molecule has 1 fully saturated rings. The molecule has 29 heavy (non-hydrogen) atoms. The van der Waals surface area contributed by atoms with Crippen LogP contribution in [0.5, 0.6) is 5.75 Å². The van der Waals surface area contributed by atoms with Gasteiger partial charge in [-0.05, 0) is 69.7 Å². The first-order valence-corrected chi connectivity index (χ1v) is 11.1. The van der Waals surface area contributed by atoms with E-state index in [4.69, 9.17) is 4.74 Å². The van der Waals surface area contributed by atoms with Crippen LogP contribution in [0.4, 0.5) is 0 Å². The Hall–Kier alpha value is -2.23. The zero-order chi connectivity index (χ0) is 21.0. The number of ether oxygens (including phenoxy) is 1. The van der Waals surface area contributed by atoms with E-state index < -0.39 is 0 Å². The second-order valence-corrected chi connectivity index (χ2v) is 8.61. The van der Waals surface area contributed by atoms with Gasteiger partial charge in [0, 0.05) is 29.5 Å². The third-order valence-electron chi connectivity index (χ3n) is 6.49. The zero-order valence-corrected chi connectivity index (χ0v) is 18.7. The first-order chi connectivity index (χ1) is 13.9. The maximum absolute atomic E-state index is 13.0. The van der Waals surface area contributed by atoms with Crippen LogP contribution < -0.4 is 10.1 Å². The lowest BCUT2D eigenvalue weighted by Gasteiger charge is -2.24. The molecule has 0 bridgehead atoms. The van der Waals surface area contributed by atoms with Crippen molar-refractivity contribution in [2.45, 2.75) is 78.8 Å². The summed E-state index contributed by atoms with van der Waals surface area (Å²) < 4.78 is 7.86. The van der Waals surface area contributed by atoms with E-state index in [9.17, 15) is 4.79 Å². The van der Waals surface area contributed by atoms with Gasteiger partial charge in [-0.3, -0.25) is 4.79 Å². The van der Waals surface area contributed by atoms with Crippen molar-refractivity contribution >= 4 is 5.91 Å². The van der Waals surface area contributed by atoms with E-state index in [1.807, 2.05) is 6.07 Å². The molecule has 1 atom stereocenters. The summed E-state index contributed by atoms with van der Waals surface area (Å²) in [5, 5.41) is 3.14. The molecule has 2 aromatic rings. The third-order valence-corrected chi connectivity index (χ3v) is 6.49. The van der Waals surface area contributed by atoms with Gasteiger partial charge in [0.1, 0.15) is 5.75 Å². The summed E-state index contributed by atoms with van der Waals surface area (Å²) in [6, 6.07) is 8.44. The van der Waals surface area contributed by atoms with Crippen molar-refractivity contribution in [3.05, 3.63) is 41.1 Å². The number of nitrogens with zero attached hydrogens (tertiary/aromatic N) is 1. The van der Waals surface area contributed by atoms with Crippen molar-refractivity contribution in [1.82, 2.24) is 9.88 Å². The summed E-state index contributed by atoms with van der Waals surface area (Å²) in [6.07, 6.45) is 7.48. The number of hydrogen-bond acceptors (Lipinski definition) is 2. The SMILES string of the molecule is CCC(C)NC(=O)c1cc(-c2cc(OC)ccc2C)n(CC2CCCCC2)c1C. The Morgan fingerprint density at radius 3 is 2.59 bits per heavy atom. The topological polar surface area (TPSA) is 43.3 Å². The van der Waals surface area contributed by atoms with Crippen LogP contribution in [0.15, 0.2) is 24.3 Å². The standard InChI is InChI=1S/C25H36N2O2/c1-6-18(3)26-25(28)23-15-24(22-14-21(29-5)13-12-17(22)2)27(19(23)4)16-20-10-8-7-9-11-20/h12-15,18,20H,6-11,16H2,1-5H3,(H,26,28). The maximum atomic E-state index is 13.0. The van der Waals surface area contributed by atoms with E-state index in [1.54, 1.807) is 7.11 Å². The summed E-state index contributed by atoms with van der Waals surface area (Å²) >= 11 is 0. The minimum atomic E-state index is 0.0287. The summed E-state index contributed by atoms with van der Waals surface area (Å²) in [5.74, 6) is 1.56. The Morgan fingerprint density at radius 2 is 1.93 bits per heavy atom. The molecule has 4 nitrogen and oxygen atoms in total. The highest BCUT2D eigenvalue weighted by atomic mass is 16.5. The number of rotatable bonds is 7. The van der Waals surface area contributed by atoms with Gasteiger partial charge in [0.15, 0.2) is 0 Å². The van der Waals surface area contributed by atoms with Gasteiger partial charge in [-0.2, -0.15) is 0 Å². The number of hydrogen-bond donors (Lipinski definition) is 1. The van der Waals surface area contributed by atoms with Gasteiger partial charge < -0.3 is 14.6 Å². The van der Waals surface area contributed by atoms with Gasteiger partial charge in [-0.15, -0.1) is 0 Å². The van der Waals surface area contributed by atoms with E-state index in [2.05, 4.69) is 55.8 Å². The van der Waals surface area contributed by atoms with Crippen molar-refractivity contribution in [2.24, 2.45) is 5.92 Å². The molecule has 0 radical (unpaired) electrons. The Bertz CT molecular complexity index is 847.